The van der Waals surface area contributed by atoms with E-state index in [-0.39, 0.29) is 6.04 Å². The average molecular weight is 297 g/mol. The molecule has 0 aliphatic carbocycles. The number of nitrogen functional groups attached to an aromatic ring is 1. The number of sulfonamides is 1. The minimum atomic E-state index is -3.47. The van der Waals surface area contributed by atoms with E-state index in [4.69, 9.17) is 5.73 Å². The normalized spacial score (nSPS) is 18.6. The van der Waals surface area contributed by atoms with Crippen LogP contribution in [0.2, 0.25) is 0 Å². The first-order valence-corrected chi connectivity index (χ1v) is 8.29. The third-order valence-electron chi connectivity index (χ3n) is 4.07. The zero-order valence-electron chi connectivity index (χ0n) is 12.3. The van der Waals surface area contributed by atoms with Crippen LogP contribution in [0, 0.1) is 6.92 Å². The van der Waals surface area contributed by atoms with E-state index >= 15 is 0 Å². The number of anilines is 1. The monoisotopic (exact) mass is 297 g/mol. The number of piperidine rings is 1. The molecule has 0 aromatic heterocycles. The van der Waals surface area contributed by atoms with Gasteiger partial charge in [0.15, 0.2) is 0 Å². The number of likely N-dealkylation sites (tertiary alicyclic amines) is 1. The molecule has 1 aromatic carbocycles. The Labute approximate surface area is 121 Å². The highest BCUT2D eigenvalue weighted by molar-refractivity contribution is 7.89. The molecule has 0 amide bonds. The number of hydrogen-bond donors (Lipinski definition) is 1. The molecule has 0 spiro atoms. The van der Waals surface area contributed by atoms with Gasteiger partial charge < -0.3 is 10.6 Å². The molecule has 1 aliphatic heterocycles. The lowest BCUT2D eigenvalue weighted by Crippen LogP contribution is -2.44. The van der Waals surface area contributed by atoms with Crippen LogP contribution in [-0.2, 0) is 10.0 Å². The van der Waals surface area contributed by atoms with Gasteiger partial charge in [0.05, 0.1) is 4.90 Å². The average Bonchev–Trinajstić information content (AvgIpc) is 2.41. The van der Waals surface area contributed by atoms with Gasteiger partial charge in [0.25, 0.3) is 0 Å². The lowest BCUT2D eigenvalue weighted by atomic mass is 10.1. The molecule has 1 fully saturated rings. The molecule has 0 bridgehead atoms. The molecular weight excluding hydrogens is 274 g/mol. The molecule has 2 N–H and O–H groups in total. The summed E-state index contributed by atoms with van der Waals surface area (Å²) in [7, 11) is 0.262. The number of aryl methyl sites for hydroxylation is 1. The van der Waals surface area contributed by atoms with Crippen LogP contribution < -0.4 is 5.73 Å². The second-order valence-corrected chi connectivity index (χ2v) is 7.55. The van der Waals surface area contributed by atoms with Crippen molar-refractivity contribution in [2.45, 2.75) is 30.7 Å². The lowest BCUT2D eigenvalue weighted by molar-refractivity contribution is 0.197. The number of hydrogen-bond acceptors (Lipinski definition) is 4. The molecule has 1 saturated heterocycles. The number of nitrogens with zero attached hydrogens (tertiary/aromatic N) is 2. The van der Waals surface area contributed by atoms with Crippen molar-refractivity contribution in [1.29, 1.82) is 0 Å². The predicted octanol–water partition coefficient (Wildman–Crippen LogP) is 1.29. The molecular formula is C14H23N3O2S. The van der Waals surface area contributed by atoms with Gasteiger partial charge in [-0.1, -0.05) is 6.07 Å². The fourth-order valence-corrected chi connectivity index (χ4v) is 4.28. The summed E-state index contributed by atoms with van der Waals surface area (Å²) < 4.78 is 27.0. The molecule has 0 saturated carbocycles. The molecule has 1 heterocycles. The van der Waals surface area contributed by atoms with E-state index in [0.29, 0.717) is 10.6 Å². The summed E-state index contributed by atoms with van der Waals surface area (Å²) in [6, 6.07) is 5.10. The quantitative estimate of drug-likeness (QED) is 0.854. The fourth-order valence-electron chi connectivity index (χ4n) is 2.60. The van der Waals surface area contributed by atoms with Gasteiger partial charge >= 0.3 is 0 Å². The van der Waals surface area contributed by atoms with Crippen molar-refractivity contribution in [3.8, 4) is 0 Å². The molecule has 0 radical (unpaired) electrons. The van der Waals surface area contributed by atoms with E-state index in [9.17, 15) is 8.42 Å². The van der Waals surface area contributed by atoms with Crippen molar-refractivity contribution in [3.63, 3.8) is 0 Å². The molecule has 2 rings (SSSR count). The van der Waals surface area contributed by atoms with Crippen LogP contribution in [0.15, 0.2) is 23.1 Å². The van der Waals surface area contributed by atoms with E-state index in [1.54, 1.807) is 32.2 Å². The summed E-state index contributed by atoms with van der Waals surface area (Å²) in [5.74, 6) is 0. The van der Waals surface area contributed by atoms with Crippen LogP contribution in [0.25, 0.3) is 0 Å². The summed E-state index contributed by atoms with van der Waals surface area (Å²) in [4.78, 5) is 2.54. The summed E-state index contributed by atoms with van der Waals surface area (Å²) in [5, 5.41) is 0. The van der Waals surface area contributed by atoms with Gasteiger partial charge in [-0.05, 0) is 57.6 Å². The molecule has 20 heavy (non-hydrogen) atoms. The Morgan fingerprint density at radius 1 is 1.30 bits per heavy atom. The highest BCUT2D eigenvalue weighted by Crippen LogP contribution is 2.25. The topological polar surface area (TPSA) is 66.6 Å². The van der Waals surface area contributed by atoms with Gasteiger partial charge in [0, 0.05) is 18.8 Å². The maximum absolute atomic E-state index is 12.7. The van der Waals surface area contributed by atoms with Crippen LogP contribution >= 0.6 is 0 Å². The van der Waals surface area contributed by atoms with Crippen LogP contribution in [-0.4, -0.2) is 50.8 Å². The second-order valence-electron chi connectivity index (χ2n) is 5.58. The zero-order valence-corrected chi connectivity index (χ0v) is 13.2. The van der Waals surface area contributed by atoms with Gasteiger partial charge in [0.1, 0.15) is 0 Å². The molecule has 0 atom stereocenters. The standard InChI is InChI=1S/C14H23N3O2S/c1-11-4-5-12(15)10-14(11)20(18,19)17(3)13-6-8-16(2)9-7-13/h4-5,10,13H,6-9,15H2,1-3H3. The van der Waals surface area contributed by atoms with Crippen LogP contribution in [0.4, 0.5) is 5.69 Å². The predicted molar refractivity (Wildman–Crippen MR) is 81.1 cm³/mol. The highest BCUT2D eigenvalue weighted by Gasteiger charge is 2.31. The van der Waals surface area contributed by atoms with Crippen LogP contribution in [0.5, 0.6) is 0 Å². The molecule has 112 valence electrons. The van der Waals surface area contributed by atoms with Crippen molar-refractivity contribution in [2.24, 2.45) is 0 Å². The Morgan fingerprint density at radius 2 is 1.90 bits per heavy atom. The first kappa shape index (κ1) is 15.3. The third-order valence-corrected chi connectivity index (χ3v) is 6.12. The second kappa shape index (κ2) is 5.71. The molecule has 5 nitrogen and oxygen atoms in total. The number of benzene rings is 1. The van der Waals surface area contributed by atoms with Crippen molar-refractivity contribution < 1.29 is 8.42 Å². The van der Waals surface area contributed by atoms with Crippen molar-refractivity contribution in [2.75, 3.05) is 32.9 Å². The van der Waals surface area contributed by atoms with Gasteiger partial charge in [-0.3, -0.25) is 0 Å². The first-order valence-electron chi connectivity index (χ1n) is 6.85. The van der Waals surface area contributed by atoms with E-state index < -0.39 is 10.0 Å². The minimum Gasteiger partial charge on any atom is -0.399 e. The van der Waals surface area contributed by atoms with E-state index in [1.807, 2.05) is 0 Å². The zero-order chi connectivity index (χ0) is 14.9. The maximum atomic E-state index is 12.7. The lowest BCUT2D eigenvalue weighted by Gasteiger charge is -2.34. The van der Waals surface area contributed by atoms with Gasteiger partial charge in [-0.25, -0.2) is 8.42 Å². The Balaban J connectivity index is 2.27. The molecule has 1 aliphatic rings. The first-order chi connectivity index (χ1) is 9.32. The van der Waals surface area contributed by atoms with Gasteiger partial charge in [0.2, 0.25) is 10.0 Å². The molecule has 1 aromatic rings. The Hall–Kier alpha value is -1.11. The number of nitrogens with two attached hydrogens (primary N) is 1. The van der Waals surface area contributed by atoms with Crippen molar-refractivity contribution in [1.82, 2.24) is 9.21 Å². The van der Waals surface area contributed by atoms with Gasteiger partial charge in [-0.2, -0.15) is 4.31 Å². The fraction of sp³-hybridized carbons (Fsp3) is 0.571. The summed E-state index contributed by atoms with van der Waals surface area (Å²) in [6.07, 6.45) is 1.74. The SMILES string of the molecule is Cc1ccc(N)cc1S(=O)(=O)N(C)C1CCN(C)CC1. The van der Waals surface area contributed by atoms with Crippen LogP contribution in [0.3, 0.4) is 0 Å². The largest absolute Gasteiger partial charge is 0.399 e. The van der Waals surface area contributed by atoms with Gasteiger partial charge in [-0.15, -0.1) is 0 Å². The Morgan fingerprint density at radius 3 is 2.50 bits per heavy atom. The Bertz CT molecular complexity index is 578. The maximum Gasteiger partial charge on any atom is 0.243 e. The minimum absolute atomic E-state index is 0.0667. The van der Waals surface area contributed by atoms with E-state index in [1.165, 1.54) is 4.31 Å². The van der Waals surface area contributed by atoms with Crippen molar-refractivity contribution >= 4 is 15.7 Å². The van der Waals surface area contributed by atoms with E-state index in [0.717, 1.165) is 31.5 Å². The Kier molecular flexibility index (Phi) is 4.36. The smallest absolute Gasteiger partial charge is 0.243 e. The highest BCUT2D eigenvalue weighted by atomic mass is 32.2. The van der Waals surface area contributed by atoms with E-state index in [2.05, 4.69) is 11.9 Å². The summed E-state index contributed by atoms with van der Waals surface area (Å²) in [5.41, 5.74) is 6.94. The number of rotatable bonds is 3. The third kappa shape index (κ3) is 2.97. The molecule has 0 unspecified atom stereocenters. The van der Waals surface area contributed by atoms with Crippen LogP contribution in [0.1, 0.15) is 18.4 Å². The summed E-state index contributed by atoms with van der Waals surface area (Å²) >= 11 is 0. The molecule has 6 heteroatoms. The summed E-state index contributed by atoms with van der Waals surface area (Å²) in [6.45, 7) is 3.66. The van der Waals surface area contributed by atoms with Crippen molar-refractivity contribution in [3.05, 3.63) is 23.8 Å².